The van der Waals surface area contributed by atoms with E-state index >= 15 is 0 Å². The number of nitrogens with two attached hydrogens (primary N) is 1. The van der Waals surface area contributed by atoms with Crippen LogP contribution in [0.3, 0.4) is 0 Å². The number of fused-ring (bicyclic) bond motifs is 1. The highest BCUT2D eigenvalue weighted by molar-refractivity contribution is 5.81. The highest BCUT2D eigenvalue weighted by Crippen LogP contribution is 2.22. The van der Waals surface area contributed by atoms with Crippen LogP contribution in [0.1, 0.15) is 5.76 Å². The Balaban J connectivity index is 1.74. The molecule has 0 spiro atoms. The third-order valence-electron chi connectivity index (χ3n) is 3.57. The summed E-state index contributed by atoms with van der Waals surface area (Å²) in [6.45, 7) is 5.37. The number of nitrogen functional groups attached to an aromatic ring is 1. The van der Waals surface area contributed by atoms with Crippen molar-refractivity contribution in [3.8, 4) is 0 Å². The van der Waals surface area contributed by atoms with E-state index in [4.69, 9.17) is 10.2 Å². The van der Waals surface area contributed by atoms with E-state index in [0.717, 1.165) is 55.1 Å². The molecule has 1 aromatic carbocycles. The maximum Gasteiger partial charge on any atom is 0.136 e. The lowest BCUT2D eigenvalue weighted by Gasteiger charge is -2.31. The monoisotopic (exact) mass is 245 g/mol. The lowest BCUT2D eigenvalue weighted by Crippen LogP contribution is -2.43. The van der Waals surface area contributed by atoms with Crippen molar-refractivity contribution >= 4 is 16.7 Å². The smallest absolute Gasteiger partial charge is 0.136 e. The Kier molecular flexibility index (Phi) is 2.97. The molecule has 0 aliphatic carbocycles. The molecule has 0 amide bonds. The minimum Gasteiger partial charge on any atom is -0.460 e. The number of rotatable bonds is 2. The zero-order chi connectivity index (χ0) is 12.5. The van der Waals surface area contributed by atoms with E-state index in [9.17, 15) is 0 Å². The highest BCUT2D eigenvalue weighted by Gasteiger charge is 2.15. The number of piperazine rings is 1. The molecule has 2 aromatic rings. The molecule has 1 fully saturated rings. The van der Waals surface area contributed by atoms with Gasteiger partial charge in [0.15, 0.2) is 0 Å². The predicted molar refractivity (Wildman–Crippen MR) is 73.4 cm³/mol. The molecule has 1 aliphatic heterocycles. The van der Waals surface area contributed by atoms with Gasteiger partial charge in [0.05, 0.1) is 6.54 Å². The van der Waals surface area contributed by atoms with E-state index in [1.54, 1.807) is 0 Å². The molecule has 3 rings (SSSR count). The van der Waals surface area contributed by atoms with Crippen LogP contribution >= 0.6 is 0 Å². The van der Waals surface area contributed by atoms with Crippen molar-refractivity contribution in [1.29, 1.82) is 0 Å². The molecule has 0 unspecified atom stereocenters. The summed E-state index contributed by atoms with van der Waals surface area (Å²) in [7, 11) is 2.17. The molecule has 4 heteroatoms. The first-order valence-corrected chi connectivity index (χ1v) is 6.39. The average Bonchev–Trinajstić information content (AvgIpc) is 2.73. The predicted octanol–water partition coefficient (Wildman–Crippen LogP) is 1.76. The zero-order valence-corrected chi connectivity index (χ0v) is 10.7. The molecule has 1 aliphatic rings. The second-order valence-corrected chi connectivity index (χ2v) is 5.09. The van der Waals surface area contributed by atoms with Crippen LogP contribution in [-0.2, 0) is 6.54 Å². The van der Waals surface area contributed by atoms with Crippen molar-refractivity contribution in [3.05, 3.63) is 30.0 Å². The Morgan fingerprint density at radius 1 is 1.17 bits per heavy atom. The van der Waals surface area contributed by atoms with Gasteiger partial charge in [0.2, 0.25) is 0 Å². The Labute approximate surface area is 107 Å². The number of benzene rings is 1. The fourth-order valence-electron chi connectivity index (χ4n) is 2.41. The molecule has 0 saturated carbocycles. The lowest BCUT2D eigenvalue weighted by atomic mass is 10.2. The van der Waals surface area contributed by atoms with Gasteiger partial charge in [0, 0.05) is 43.3 Å². The summed E-state index contributed by atoms with van der Waals surface area (Å²) in [6.07, 6.45) is 0. The summed E-state index contributed by atoms with van der Waals surface area (Å²) < 4.78 is 5.84. The van der Waals surface area contributed by atoms with E-state index in [0.29, 0.717) is 0 Å². The van der Waals surface area contributed by atoms with E-state index in [-0.39, 0.29) is 0 Å². The summed E-state index contributed by atoms with van der Waals surface area (Å²) in [5.74, 6) is 1.03. The number of anilines is 1. The van der Waals surface area contributed by atoms with Gasteiger partial charge in [-0.2, -0.15) is 0 Å². The molecule has 18 heavy (non-hydrogen) atoms. The fourth-order valence-corrected chi connectivity index (χ4v) is 2.41. The van der Waals surface area contributed by atoms with Crippen LogP contribution in [0.4, 0.5) is 5.69 Å². The van der Waals surface area contributed by atoms with Gasteiger partial charge in [-0.1, -0.05) is 0 Å². The molecule has 0 radical (unpaired) electrons. The minimum absolute atomic E-state index is 0.753. The van der Waals surface area contributed by atoms with Gasteiger partial charge in [0.25, 0.3) is 0 Å². The summed E-state index contributed by atoms with van der Waals surface area (Å²) in [5, 5.41) is 1.13. The Morgan fingerprint density at radius 3 is 2.72 bits per heavy atom. The van der Waals surface area contributed by atoms with Crippen molar-refractivity contribution < 1.29 is 4.42 Å². The normalized spacial score (nSPS) is 18.5. The molecule has 0 bridgehead atoms. The second-order valence-electron chi connectivity index (χ2n) is 5.09. The summed E-state index contributed by atoms with van der Waals surface area (Å²) in [6, 6.07) is 7.94. The number of likely N-dealkylation sites (N-methyl/N-ethyl adjacent to an activating group) is 1. The summed E-state index contributed by atoms with van der Waals surface area (Å²) >= 11 is 0. The van der Waals surface area contributed by atoms with E-state index < -0.39 is 0 Å². The summed E-state index contributed by atoms with van der Waals surface area (Å²) in [5.41, 5.74) is 7.40. The minimum atomic E-state index is 0.753. The van der Waals surface area contributed by atoms with Gasteiger partial charge in [-0.3, -0.25) is 4.90 Å². The topological polar surface area (TPSA) is 45.6 Å². The van der Waals surface area contributed by atoms with Crippen LogP contribution in [0.2, 0.25) is 0 Å². The van der Waals surface area contributed by atoms with Crippen LogP contribution in [0.25, 0.3) is 11.0 Å². The SMILES string of the molecule is CN1CCN(Cc2cc3ccc(N)cc3o2)CC1. The summed E-state index contributed by atoms with van der Waals surface area (Å²) in [4.78, 5) is 4.79. The maximum absolute atomic E-state index is 5.84. The number of hydrogen-bond acceptors (Lipinski definition) is 4. The van der Waals surface area contributed by atoms with Gasteiger partial charge in [-0.25, -0.2) is 0 Å². The van der Waals surface area contributed by atoms with Crippen LogP contribution in [0.5, 0.6) is 0 Å². The largest absolute Gasteiger partial charge is 0.460 e. The van der Waals surface area contributed by atoms with Crippen LogP contribution < -0.4 is 5.73 Å². The van der Waals surface area contributed by atoms with Crippen molar-refractivity contribution in [2.75, 3.05) is 39.0 Å². The molecule has 1 aromatic heterocycles. The Morgan fingerprint density at radius 2 is 1.94 bits per heavy atom. The van der Waals surface area contributed by atoms with Crippen LogP contribution in [0, 0.1) is 0 Å². The van der Waals surface area contributed by atoms with Gasteiger partial charge < -0.3 is 15.1 Å². The molecule has 1 saturated heterocycles. The van der Waals surface area contributed by atoms with Gasteiger partial charge in [-0.05, 0) is 25.2 Å². The lowest BCUT2D eigenvalue weighted by molar-refractivity contribution is 0.141. The molecule has 96 valence electrons. The van der Waals surface area contributed by atoms with Gasteiger partial charge in [0.1, 0.15) is 11.3 Å². The average molecular weight is 245 g/mol. The van der Waals surface area contributed by atoms with Crippen LogP contribution in [-0.4, -0.2) is 43.0 Å². The van der Waals surface area contributed by atoms with Crippen LogP contribution in [0.15, 0.2) is 28.7 Å². The number of hydrogen-bond donors (Lipinski definition) is 1. The first-order chi connectivity index (χ1) is 8.70. The zero-order valence-electron chi connectivity index (χ0n) is 10.7. The van der Waals surface area contributed by atoms with E-state index in [1.807, 2.05) is 18.2 Å². The Bertz CT molecular complexity index is 541. The van der Waals surface area contributed by atoms with Crippen molar-refractivity contribution in [2.45, 2.75) is 6.54 Å². The first-order valence-electron chi connectivity index (χ1n) is 6.39. The third kappa shape index (κ3) is 2.35. The third-order valence-corrected chi connectivity index (χ3v) is 3.57. The number of nitrogens with zero attached hydrogens (tertiary/aromatic N) is 2. The molecular weight excluding hydrogens is 226 g/mol. The van der Waals surface area contributed by atoms with Gasteiger partial charge >= 0.3 is 0 Å². The standard InChI is InChI=1S/C14H19N3O/c1-16-4-6-17(7-5-16)10-13-8-11-2-3-12(15)9-14(11)18-13/h2-3,8-9H,4-7,10,15H2,1H3. The van der Waals surface area contributed by atoms with Crippen molar-refractivity contribution in [3.63, 3.8) is 0 Å². The first kappa shape index (κ1) is 11.6. The number of furan rings is 1. The molecule has 0 atom stereocenters. The second kappa shape index (κ2) is 4.63. The van der Waals surface area contributed by atoms with Crippen molar-refractivity contribution in [2.24, 2.45) is 0 Å². The maximum atomic E-state index is 5.84. The quantitative estimate of drug-likeness (QED) is 0.819. The Hall–Kier alpha value is -1.52. The van der Waals surface area contributed by atoms with E-state index in [2.05, 4.69) is 22.9 Å². The fraction of sp³-hybridized carbons (Fsp3) is 0.429. The van der Waals surface area contributed by atoms with Gasteiger partial charge in [-0.15, -0.1) is 0 Å². The molecule has 2 N–H and O–H groups in total. The van der Waals surface area contributed by atoms with Crippen molar-refractivity contribution in [1.82, 2.24) is 9.80 Å². The molecular formula is C14H19N3O. The molecule has 4 nitrogen and oxygen atoms in total. The molecule has 2 heterocycles. The van der Waals surface area contributed by atoms with E-state index in [1.165, 1.54) is 0 Å². The highest BCUT2D eigenvalue weighted by atomic mass is 16.3.